The Labute approximate surface area is 570 Å². The number of carbonyl (C=O) groups is 7. The number of ether oxygens (including phenoxy) is 4. The van der Waals surface area contributed by atoms with Gasteiger partial charge in [0.25, 0.3) is 0 Å². The van der Waals surface area contributed by atoms with Crippen LogP contribution in [0.2, 0.25) is 0 Å². The zero-order chi connectivity index (χ0) is 73.8. The van der Waals surface area contributed by atoms with Gasteiger partial charge in [0.2, 0.25) is 0 Å². The number of aliphatic hydroxyl groups is 1. The monoisotopic (exact) mass is 1340 g/mol. The summed E-state index contributed by atoms with van der Waals surface area (Å²) in [6.45, 7) is 23.9. The highest BCUT2D eigenvalue weighted by Crippen LogP contribution is 2.21. The molecule has 0 aliphatic heterocycles. The summed E-state index contributed by atoms with van der Waals surface area (Å²) in [7, 11) is 0. The maximum atomic E-state index is 12.2. The molecule has 0 atom stereocenters. The van der Waals surface area contributed by atoms with Crippen molar-refractivity contribution in [2.75, 3.05) is 0 Å². The second-order valence-corrected chi connectivity index (χ2v) is 18.0. The number of esters is 4. The molecular formula is C78H88O20. The van der Waals surface area contributed by atoms with E-state index >= 15 is 0 Å². The van der Waals surface area contributed by atoms with E-state index in [1.165, 1.54) is 24.3 Å². The first-order chi connectivity index (χ1) is 47.4. The van der Waals surface area contributed by atoms with Crippen LogP contribution >= 0.6 is 0 Å². The number of phenolic OH excluding ortho intramolecular Hbond substituents is 2. The number of fused-ring (bicyclic) bond motifs is 2. The van der Waals surface area contributed by atoms with Crippen molar-refractivity contribution in [3.63, 3.8) is 0 Å². The highest BCUT2D eigenvalue weighted by atomic mass is 16.6. The van der Waals surface area contributed by atoms with E-state index in [0.29, 0.717) is 62.5 Å². The number of aromatic hydroxyl groups is 2. The van der Waals surface area contributed by atoms with Crippen molar-refractivity contribution in [3.05, 3.63) is 273 Å². The fraction of sp³-hybridized carbons (Fsp3) is 0.218. The predicted molar refractivity (Wildman–Crippen MR) is 379 cm³/mol. The summed E-state index contributed by atoms with van der Waals surface area (Å²) >= 11 is 0. The van der Waals surface area contributed by atoms with Crippen molar-refractivity contribution < 1.29 is 86.9 Å². The summed E-state index contributed by atoms with van der Waals surface area (Å²) in [6.07, 6.45) is 1.04. The quantitative estimate of drug-likeness (QED) is 0.0222. The molecule has 520 valence electrons. The molecule has 10 rings (SSSR count). The van der Waals surface area contributed by atoms with Crippen LogP contribution in [0.4, 0.5) is 0 Å². The number of aliphatic carboxylic acids is 2. The molecule has 0 unspecified atom stereocenters. The molecule has 5 N–H and O–H groups in total. The van der Waals surface area contributed by atoms with Crippen LogP contribution < -0.4 is 30.2 Å². The van der Waals surface area contributed by atoms with Crippen molar-refractivity contribution in [2.24, 2.45) is 0 Å². The Morgan fingerprint density at radius 3 is 0.990 bits per heavy atom. The molecule has 98 heavy (non-hydrogen) atoms. The Hall–Kier alpha value is -11.8. The third kappa shape index (κ3) is 33.9. The lowest BCUT2D eigenvalue weighted by atomic mass is 10.1. The number of rotatable bonds is 14. The molecule has 0 fully saturated rings. The van der Waals surface area contributed by atoms with Crippen molar-refractivity contribution in [3.8, 4) is 34.5 Å². The maximum absolute atomic E-state index is 12.2. The van der Waals surface area contributed by atoms with E-state index in [0.717, 1.165) is 24.0 Å². The van der Waals surface area contributed by atoms with E-state index < -0.39 is 59.9 Å². The third-order valence-corrected chi connectivity index (χ3v) is 11.5. The van der Waals surface area contributed by atoms with Gasteiger partial charge in [-0.05, 0) is 139 Å². The molecule has 20 nitrogen and oxygen atoms in total. The Morgan fingerprint density at radius 1 is 0.398 bits per heavy atom. The fourth-order valence-corrected chi connectivity index (χ4v) is 7.16. The van der Waals surface area contributed by atoms with Crippen LogP contribution in [0.25, 0.3) is 21.9 Å². The minimum atomic E-state index is -1.31. The summed E-state index contributed by atoms with van der Waals surface area (Å²) in [4.78, 5) is 100. The maximum Gasteiger partial charge on any atom is 0.351 e. The molecule has 2 heterocycles. The molecule has 10 aromatic rings. The number of hydrogen-bond donors (Lipinski definition) is 5. The van der Waals surface area contributed by atoms with Gasteiger partial charge in [0.15, 0.2) is 6.29 Å². The molecule has 2 aromatic heterocycles. The Morgan fingerprint density at radius 2 is 0.714 bits per heavy atom. The number of carboxylic acid groups (broad SMARTS) is 2. The van der Waals surface area contributed by atoms with Gasteiger partial charge in [-0.15, -0.1) is 0 Å². The van der Waals surface area contributed by atoms with Gasteiger partial charge in [0, 0.05) is 10.8 Å². The number of phenols is 2. The van der Waals surface area contributed by atoms with Crippen LogP contribution in [0.15, 0.2) is 237 Å². The van der Waals surface area contributed by atoms with Crippen molar-refractivity contribution in [1.82, 2.24) is 0 Å². The Kier molecular flexibility index (Phi) is 45.4. The molecule has 0 saturated heterocycles. The highest BCUT2D eigenvalue weighted by molar-refractivity contribution is 5.95. The lowest BCUT2D eigenvalue weighted by molar-refractivity contribution is -0.148. The molecule has 0 aliphatic carbocycles. The van der Waals surface area contributed by atoms with E-state index in [-0.39, 0.29) is 29.0 Å². The fourth-order valence-electron chi connectivity index (χ4n) is 7.16. The molecular weight excluding hydrogens is 1260 g/mol. The number of benzene rings is 8. The molecule has 0 bridgehead atoms. The minimum Gasteiger partial charge on any atom is -0.508 e. The van der Waals surface area contributed by atoms with E-state index in [2.05, 4.69) is 0 Å². The Bertz CT molecular complexity index is 3820. The summed E-state index contributed by atoms with van der Waals surface area (Å²) in [6, 6.07) is 61.6. The number of aliphatic hydroxyl groups excluding tert-OH is 1. The molecule has 0 saturated carbocycles. The summed E-state index contributed by atoms with van der Waals surface area (Å²) in [5.41, 5.74) is 2.33. The van der Waals surface area contributed by atoms with Crippen LogP contribution in [-0.2, 0) is 38.6 Å². The molecule has 20 heteroatoms. The van der Waals surface area contributed by atoms with Gasteiger partial charge >= 0.3 is 47.1 Å². The van der Waals surface area contributed by atoms with E-state index in [1.54, 1.807) is 152 Å². The van der Waals surface area contributed by atoms with E-state index in [1.807, 2.05) is 126 Å². The van der Waals surface area contributed by atoms with Crippen LogP contribution in [0.1, 0.15) is 144 Å². The van der Waals surface area contributed by atoms with Gasteiger partial charge in [0.05, 0.1) is 12.2 Å². The van der Waals surface area contributed by atoms with Gasteiger partial charge in [-0.1, -0.05) is 192 Å². The van der Waals surface area contributed by atoms with Gasteiger partial charge in [-0.25, -0.2) is 19.2 Å². The molecule has 0 radical (unpaired) electrons. The molecule has 0 aliphatic rings. The topological polar surface area (TPSA) is 318 Å². The van der Waals surface area contributed by atoms with Gasteiger partial charge < -0.3 is 53.3 Å². The Balaban J connectivity index is 0.00000117. The second-order valence-electron chi connectivity index (χ2n) is 18.0. The number of para-hydroxylation sites is 5. The normalized spacial score (nSPS) is 9.19. The number of carboxylic acids is 2. The summed E-state index contributed by atoms with van der Waals surface area (Å²) < 4.78 is 30.7. The zero-order valence-electron chi connectivity index (χ0n) is 57.3. The second kappa shape index (κ2) is 51.6. The van der Waals surface area contributed by atoms with E-state index in [9.17, 15) is 43.2 Å². The van der Waals surface area contributed by atoms with Gasteiger partial charge in [0.1, 0.15) is 69.6 Å². The van der Waals surface area contributed by atoms with E-state index in [4.69, 9.17) is 53.3 Å². The zero-order valence-corrected chi connectivity index (χ0v) is 57.3. The molecule has 0 spiro atoms. The van der Waals surface area contributed by atoms with Gasteiger partial charge in [-0.2, -0.15) is 0 Å². The minimum absolute atomic E-state index is 0.0581. The first-order valence-corrected chi connectivity index (χ1v) is 31.6. The number of aryl methyl sites for hydroxylation is 2. The largest absolute Gasteiger partial charge is 0.508 e. The predicted octanol–water partition coefficient (Wildman–Crippen LogP) is 16.5. The highest BCUT2D eigenvalue weighted by Gasteiger charge is 2.18. The van der Waals surface area contributed by atoms with Crippen molar-refractivity contribution in [1.29, 1.82) is 0 Å². The van der Waals surface area contributed by atoms with Crippen molar-refractivity contribution in [2.45, 2.75) is 115 Å². The van der Waals surface area contributed by atoms with Crippen LogP contribution in [0, 0.1) is 0 Å². The van der Waals surface area contributed by atoms with Crippen LogP contribution in [0.3, 0.4) is 0 Å². The van der Waals surface area contributed by atoms with Gasteiger partial charge in [-0.3, -0.25) is 24.0 Å². The summed E-state index contributed by atoms with van der Waals surface area (Å²) in [5.74, 6) is -3.52. The first kappa shape index (κ1) is 86.2. The average Bonchev–Trinajstić information content (AvgIpc) is 0.814. The van der Waals surface area contributed by atoms with Crippen molar-refractivity contribution >= 4 is 64.0 Å². The third-order valence-electron chi connectivity index (χ3n) is 11.5. The van der Waals surface area contributed by atoms with Crippen LogP contribution in [-0.4, -0.2) is 67.6 Å². The lowest BCUT2D eigenvalue weighted by Gasteiger charge is -2.05. The SMILES string of the molecule is CC.CC.CC.CC.CC.CCc1ccc2oc(=O)c(C(=O)Oc3ccccc3)cc2c1.CCc1ccc2oc(=O)c(C(=O)Oc3ccccc3)cc2c1.O=C(CC(=O)Oc1ccccc1)Oc1ccccc1.O=C(O)CC(=O)O.O=Cc1cc(CO)ccc1O.Oc1ccccc1. The lowest BCUT2D eigenvalue weighted by Crippen LogP contribution is -2.18. The number of carbonyl (C=O) groups excluding carboxylic acids is 5. The number of hydrogen-bond acceptors (Lipinski definition) is 18. The molecule has 0 amide bonds. The standard InChI is InChI=1S/2C18H14O4.C15H12O4.C8H8O3.C6H6O.C3H4O4.5C2H6/c2*1-2-12-8-9-16-13(10-12)11-15(18(20)22-16)17(19)21-14-6-4-3-5-7-14;16-14(18-12-7-3-1-4-8-12)11-15(17)19-13-9-5-2-6-10-13;9-4-6-1-2-8(11)7(3-6)5-10;7-6-4-2-1-3-5-6;4-2(5)1-3(6)7;5*1-2/h2*3-11H,2H2,1H3;1-10H,11H2;1-3,5,9,11H,4H2;1-5,7H;1H2,(H,4,5)(H,6,7);5*1-2H3. The van der Waals surface area contributed by atoms with Crippen LogP contribution in [0.5, 0.6) is 34.5 Å². The average molecular weight is 1350 g/mol. The molecule has 8 aromatic carbocycles. The number of aldehydes is 1. The first-order valence-electron chi connectivity index (χ1n) is 31.6. The summed E-state index contributed by atoms with van der Waals surface area (Å²) in [5, 5.41) is 43.1. The smallest absolute Gasteiger partial charge is 0.351 e.